The Morgan fingerprint density at radius 3 is 1.70 bits per heavy atom. The molecule has 6 fully saturated rings. The number of carbonyl (C=O) groups excluding carboxylic acids is 6. The first-order valence-corrected chi connectivity index (χ1v) is 31.0. The molecule has 6 aliphatic rings. The molecule has 14 nitrogen and oxygen atoms in total. The smallest absolute Gasteiger partial charge is 0.338 e. The van der Waals surface area contributed by atoms with Crippen molar-refractivity contribution >= 4 is 35.4 Å². The standard InChI is InChI=1S/C70H86O14/c1-41(39-78-67-62(84-66(76)50-27-19-12-20-28-50)60(44(4)46(6)79-67)82-64(74)48-23-15-10-16-24-48)29-32-56(71)45(5)59-57(72)38-55-53-31-30-51-37-52(33-35-69(51,7)54(53)34-36-70(55,59)8)80-68-61(83-65(75)49-25-17-11-18-26-49)43(3)42(2)58(81-68)40-77-63(73)47-21-13-9-14-22-47/h9-28,41-46,51-55,58-62,67-68H,29-40H2,1-8H3/t41-,42+,43-,44-,45+,46?,51?,52?,53?,54?,55?,58?,59?,60-,61?,62?,67+,68+,69?,70?/m0/s1. The summed E-state index contributed by atoms with van der Waals surface area (Å²) in [5.74, 6) is -1.80. The third kappa shape index (κ3) is 12.9. The van der Waals surface area contributed by atoms with E-state index in [4.69, 9.17) is 37.9 Å². The molecule has 2 heterocycles. The summed E-state index contributed by atoms with van der Waals surface area (Å²) in [5.41, 5.74) is 1.39. The van der Waals surface area contributed by atoms with Gasteiger partial charge in [0.2, 0.25) is 0 Å². The topological polar surface area (TPSA) is 176 Å². The Hall–Kier alpha value is -6.06. The van der Waals surface area contributed by atoms with Gasteiger partial charge in [-0.1, -0.05) is 121 Å². The molecule has 4 aromatic rings. The quantitative estimate of drug-likeness (QED) is 0.0492. The molecular formula is C70H86O14. The Balaban J connectivity index is 0.751. The lowest BCUT2D eigenvalue weighted by Crippen LogP contribution is -2.57. The highest BCUT2D eigenvalue weighted by atomic mass is 16.7. The lowest BCUT2D eigenvalue weighted by molar-refractivity contribution is -0.294. The third-order valence-electron chi connectivity index (χ3n) is 21.2. The number of ketones is 2. The minimum Gasteiger partial charge on any atom is -0.459 e. The van der Waals surface area contributed by atoms with Crippen LogP contribution in [0.25, 0.3) is 0 Å². The number of carbonyl (C=O) groups is 6. The van der Waals surface area contributed by atoms with Gasteiger partial charge in [-0.25, -0.2) is 19.2 Å². The van der Waals surface area contributed by atoms with E-state index in [9.17, 15) is 28.8 Å². The third-order valence-corrected chi connectivity index (χ3v) is 21.2. The summed E-state index contributed by atoms with van der Waals surface area (Å²) in [5, 5.41) is 0. The molecular weight excluding hydrogens is 1060 g/mol. The molecule has 84 heavy (non-hydrogen) atoms. The van der Waals surface area contributed by atoms with Crippen molar-refractivity contribution in [3.05, 3.63) is 144 Å². The van der Waals surface area contributed by atoms with Gasteiger partial charge in [-0.3, -0.25) is 9.59 Å². The monoisotopic (exact) mass is 1150 g/mol. The van der Waals surface area contributed by atoms with Gasteiger partial charge >= 0.3 is 23.9 Å². The van der Waals surface area contributed by atoms with E-state index in [0.717, 1.165) is 44.9 Å². The van der Waals surface area contributed by atoms with Crippen LogP contribution in [-0.2, 0) is 47.5 Å². The molecule has 0 amide bonds. The van der Waals surface area contributed by atoms with E-state index in [2.05, 4.69) is 13.8 Å². The van der Waals surface area contributed by atoms with Crippen molar-refractivity contribution in [3.8, 4) is 0 Å². The van der Waals surface area contributed by atoms with E-state index in [1.807, 2.05) is 77.9 Å². The van der Waals surface area contributed by atoms with E-state index >= 15 is 0 Å². The van der Waals surface area contributed by atoms with Crippen LogP contribution in [0.15, 0.2) is 121 Å². The maximum Gasteiger partial charge on any atom is 0.338 e. The summed E-state index contributed by atoms with van der Waals surface area (Å²) in [6, 6.07) is 35.2. The normalized spacial score (nSPS) is 35.2. The van der Waals surface area contributed by atoms with Crippen molar-refractivity contribution in [1.82, 2.24) is 0 Å². The maximum atomic E-state index is 14.4. The second-order valence-corrected chi connectivity index (χ2v) is 26.1. The van der Waals surface area contributed by atoms with E-state index in [1.54, 1.807) is 84.9 Å². The molecule has 0 aromatic heterocycles. The second-order valence-electron chi connectivity index (χ2n) is 26.1. The van der Waals surface area contributed by atoms with Gasteiger partial charge in [0.15, 0.2) is 24.8 Å². The van der Waals surface area contributed by atoms with Crippen LogP contribution in [0.4, 0.5) is 0 Å². The van der Waals surface area contributed by atoms with Gasteiger partial charge in [0.1, 0.15) is 24.3 Å². The van der Waals surface area contributed by atoms with Crippen molar-refractivity contribution < 1.29 is 66.7 Å². The van der Waals surface area contributed by atoms with Crippen molar-refractivity contribution in [2.75, 3.05) is 13.2 Å². The summed E-state index contributed by atoms with van der Waals surface area (Å²) >= 11 is 0. The summed E-state index contributed by atoms with van der Waals surface area (Å²) < 4.78 is 50.8. The maximum absolute atomic E-state index is 14.4. The molecule has 2 saturated heterocycles. The first-order chi connectivity index (χ1) is 40.3. The average Bonchev–Trinajstić information content (AvgIpc) is 1.58. The highest BCUT2D eigenvalue weighted by Crippen LogP contribution is 2.68. The Labute approximate surface area is 495 Å². The molecule has 14 heteroatoms. The largest absolute Gasteiger partial charge is 0.459 e. The van der Waals surface area contributed by atoms with E-state index in [-0.39, 0.29) is 83.6 Å². The first kappa shape index (κ1) is 61.0. The molecule has 0 spiro atoms. The Morgan fingerprint density at radius 1 is 0.583 bits per heavy atom. The van der Waals surface area contributed by atoms with Gasteiger partial charge in [-0.15, -0.1) is 0 Å². The van der Waals surface area contributed by atoms with Gasteiger partial charge in [0.25, 0.3) is 0 Å². The zero-order valence-electron chi connectivity index (χ0n) is 50.1. The number of esters is 4. The van der Waals surface area contributed by atoms with Crippen molar-refractivity contribution in [3.63, 3.8) is 0 Å². The summed E-state index contributed by atoms with van der Waals surface area (Å²) in [6.07, 6.45) is 2.28. The fourth-order valence-corrected chi connectivity index (χ4v) is 15.8. The fraction of sp³-hybridized carbons (Fsp3) is 0.571. The lowest BCUT2D eigenvalue weighted by atomic mass is 9.44. The number of hydrogen-bond donors (Lipinski definition) is 0. The molecule has 2 aliphatic heterocycles. The first-order valence-electron chi connectivity index (χ1n) is 31.0. The van der Waals surface area contributed by atoms with Gasteiger partial charge in [-0.05, 0) is 153 Å². The van der Waals surface area contributed by atoms with E-state index in [0.29, 0.717) is 52.8 Å². The highest BCUT2D eigenvalue weighted by Gasteiger charge is 2.64. The van der Waals surface area contributed by atoms with Crippen LogP contribution in [-0.4, -0.2) is 97.9 Å². The van der Waals surface area contributed by atoms with Crippen LogP contribution in [0.1, 0.15) is 161 Å². The van der Waals surface area contributed by atoms with Crippen LogP contribution in [0.5, 0.6) is 0 Å². The van der Waals surface area contributed by atoms with Crippen LogP contribution in [0, 0.1) is 70.0 Å². The van der Waals surface area contributed by atoms with Gasteiger partial charge in [-0.2, -0.15) is 0 Å². The van der Waals surface area contributed by atoms with Crippen LogP contribution < -0.4 is 0 Å². The predicted molar refractivity (Wildman–Crippen MR) is 313 cm³/mol. The van der Waals surface area contributed by atoms with Crippen LogP contribution in [0.2, 0.25) is 0 Å². The number of hydrogen-bond acceptors (Lipinski definition) is 14. The molecule has 12 unspecified atom stereocenters. The molecule has 0 radical (unpaired) electrons. The minimum atomic E-state index is -1.08. The molecule has 4 saturated carbocycles. The number of rotatable bonds is 19. The molecule has 0 bridgehead atoms. The average molecular weight is 1150 g/mol. The van der Waals surface area contributed by atoms with Crippen LogP contribution >= 0.6 is 0 Å². The van der Waals surface area contributed by atoms with Gasteiger partial charge < -0.3 is 37.9 Å². The number of ether oxygens (including phenoxy) is 8. The number of Topliss-reactive ketones (excluding diaryl/α,β-unsaturated/α-hetero) is 2. The zero-order valence-corrected chi connectivity index (χ0v) is 50.1. The van der Waals surface area contributed by atoms with Crippen molar-refractivity contribution in [1.29, 1.82) is 0 Å². The summed E-state index contributed by atoms with van der Waals surface area (Å²) in [4.78, 5) is 82.5. The van der Waals surface area contributed by atoms with Gasteiger partial charge in [0, 0.05) is 36.5 Å². The van der Waals surface area contributed by atoms with Gasteiger partial charge in [0.05, 0.1) is 47.2 Å². The van der Waals surface area contributed by atoms with Crippen LogP contribution in [0.3, 0.4) is 0 Å². The predicted octanol–water partition coefficient (Wildman–Crippen LogP) is 12.8. The number of fused-ring (bicyclic) bond motifs is 5. The number of benzene rings is 4. The molecule has 10 rings (SSSR count). The van der Waals surface area contributed by atoms with E-state index in [1.165, 1.54) is 0 Å². The van der Waals surface area contributed by atoms with Crippen molar-refractivity contribution in [2.24, 2.45) is 70.0 Å². The molecule has 4 aliphatic carbocycles. The zero-order chi connectivity index (χ0) is 59.5. The second kappa shape index (κ2) is 26.3. The Kier molecular flexibility index (Phi) is 19.1. The summed E-state index contributed by atoms with van der Waals surface area (Å²) in [6.45, 7) is 16.8. The fourth-order valence-electron chi connectivity index (χ4n) is 15.8. The lowest BCUT2D eigenvalue weighted by Gasteiger charge is -2.61. The Morgan fingerprint density at radius 2 is 1.12 bits per heavy atom. The minimum absolute atomic E-state index is 0.0339. The molecule has 450 valence electrons. The molecule has 20 atom stereocenters. The SMILES string of the molecule is CC1O[C@@H](OC[C@@H](C)CCC(=O)[C@@H](C)C2C(=O)CC3C4CCC5CC(O[C@@H]6OC(COC(=O)c7ccccc7)[C@H](C)[C@H](C)C6OC(=O)c6ccccc6)CCC5(C)C4CCC32C)C(OC(=O)c2ccccc2)[C@@H](OC(=O)c2ccccc2)[C@H]1C. The summed E-state index contributed by atoms with van der Waals surface area (Å²) in [7, 11) is 0. The molecule has 4 aromatic carbocycles. The molecule has 0 N–H and O–H groups in total. The Bertz CT molecular complexity index is 2920. The highest BCUT2D eigenvalue weighted by molar-refractivity contribution is 5.93. The van der Waals surface area contributed by atoms with E-state index < -0.39 is 72.9 Å². The van der Waals surface area contributed by atoms with Crippen molar-refractivity contribution in [2.45, 2.75) is 169 Å².